The van der Waals surface area contributed by atoms with Crippen LogP contribution in [0.25, 0.3) is 0 Å². The van der Waals surface area contributed by atoms with Gasteiger partial charge in [-0.1, -0.05) is 37.3 Å². The van der Waals surface area contributed by atoms with Crippen LogP contribution in [0.1, 0.15) is 29.7 Å². The summed E-state index contributed by atoms with van der Waals surface area (Å²) in [6.45, 7) is 4.30. The average molecular weight is 324 g/mol. The molecule has 1 aromatic carbocycles. The summed E-state index contributed by atoms with van der Waals surface area (Å²) in [5.41, 5.74) is 1.43. The average Bonchev–Trinajstić information content (AvgIpc) is 2.81. The zero-order valence-corrected chi connectivity index (χ0v) is 12.9. The van der Waals surface area contributed by atoms with Crippen molar-refractivity contribution in [2.45, 2.75) is 25.8 Å². The molecule has 0 amide bonds. The summed E-state index contributed by atoms with van der Waals surface area (Å²) in [5, 5.41) is 5.63. The molecule has 0 radical (unpaired) electrons. The lowest BCUT2D eigenvalue weighted by Crippen LogP contribution is -2.16. The highest BCUT2D eigenvalue weighted by atomic mass is 79.9. The quantitative estimate of drug-likeness (QED) is 0.753. The normalized spacial score (nSPS) is 12.6. The van der Waals surface area contributed by atoms with Crippen LogP contribution in [0.2, 0.25) is 0 Å². The first kappa shape index (κ1) is 13.8. The molecule has 1 nitrogen and oxygen atoms in total. The van der Waals surface area contributed by atoms with Crippen LogP contribution in [-0.4, -0.2) is 6.54 Å². The third-order valence-corrected chi connectivity index (χ3v) is 5.03. The predicted octanol–water partition coefficient (Wildman–Crippen LogP) is 4.79. The van der Waals surface area contributed by atoms with Gasteiger partial charge in [0.15, 0.2) is 0 Å². The van der Waals surface area contributed by atoms with E-state index < -0.39 is 0 Å². The van der Waals surface area contributed by atoms with Gasteiger partial charge in [0.05, 0.1) is 0 Å². The summed E-state index contributed by atoms with van der Waals surface area (Å²) < 4.78 is 1.22. The molecule has 1 N–H and O–H groups in total. The van der Waals surface area contributed by atoms with E-state index in [0.717, 1.165) is 13.1 Å². The Labute approximate surface area is 121 Å². The molecule has 2 rings (SSSR count). The summed E-state index contributed by atoms with van der Waals surface area (Å²) in [7, 11) is 0. The minimum Gasteiger partial charge on any atom is -0.312 e. The molecule has 0 spiro atoms. The number of benzene rings is 1. The van der Waals surface area contributed by atoms with Crippen molar-refractivity contribution >= 4 is 27.3 Å². The molecule has 1 atom stereocenters. The molecular weight excluding hydrogens is 306 g/mol. The van der Waals surface area contributed by atoms with Gasteiger partial charge >= 0.3 is 0 Å². The molecule has 1 aromatic heterocycles. The number of nitrogens with one attached hydrogen (secondary N) is 1. The van der Waals surface area contributed by atoms with Crippen molar-refractivity contribution in [3.8, 4) is 0 Å². The van der Waals surface area contributed by atoms with Crippen LogP contribution in [0, 0.1) is 0 Å². The largest absolute Gasteiger partial charge is 0.312 e. The second kappa shape index (κ2) is 7.07. The Hall–Kier alpha value is -0.640. The highest BCUT2D eigenvalue weighted by Gasteiger charge is 2.05. The number of hydrogen-bond acceptors (Lipinski definition) is 2. The number of halogens is 1. The molecule has 0 aliphatic carbocycles. The monoisotopic (exact) mass is 323 g/mol. The molecule has 3 heteroatoms. The Morgan fingerprint density at radius 3 is 2.67 bits per heavy atom. The molecule has 96 valence electrons. The first-order chi connectivity index (χ1) is 8.77. The van der Waals surface area contributed by atoms with Crippen molar-refractivity contribution in [2.24, 2.45) is 0 Å². The van der Waals surface area contributed by atoms with Crippen molar-refractivity contribution in [1.82, 2.24) is 5.32 Å². The van der Waals surface area contributed by atoms with Crippen LogP contribution < -0.4 is 5.32 Å². The van der Waals surface area contributed by atoms with Gasteiger partial charge in [-0.2, -0.15) is 0 Å². The van der Waals surface area contributed by atoms with E-state index in [-0.39, 0.29) is 0 Å². The molecule has 0 bridgehead atoms. The molecule has 2 aromatic rings. The summed E-state index contributed by atoms with van der Waals surface area (Å²) in [6.07, 6.45) is 1.17. The second-order valence-electron chi connectivity index (χ2n) is 4.47. The predicted molar refractivity (Wildman–Crippen MR) is 83.2 cm³/mol. The maximum atomic E-state index is 3.55. The van der Waals surface area contributed by atoms with Crippen LogP contribution >= 0.6 is 27.3 Å². The summed E-state index contributed by atoms with van der Waals surface area (Å²) in [6, 6.07) is 12.8. The fraction of sp³-hybridized carbons (Fsp3) is 0.333. The molecule has 0 fully saturated rings. The SMILES string of the molecule is CC(CCNCc1sccc1Br)c1ccccc1. The second-order valence-corrected chi connectivity index (χ2v) is 6.32. The van der Waals surface area contributed by atoms with Crippen LogP contribution in [-0.2, 0) is 6.54 Å². The number of thiophene rings is 1. The van der Waals surface area contributed by atoms with Gasteiger partial charge in [0, 0.05) is 15.9 Å². The molecule has 0 aliphatic rings. The van der Waals surface area contributed by atoms with Crippen molar-refractivity contribution in [3.05, 3.63) is 56.7 Å². The van der Waals surface area contributed by atoms with Crippen molar-refractivity contribution in [3.63, 3.8) is 0 Å². The summed E-state index contributed by atoms with van der Waals surface area (Å²) in [5.74, 6) is 0.616. The summed E-state index contributed by atoms with van der Waals surface area (Å²) in [4.78, 5) is 1.38. The molecule has 18 heavy (non-hydrogen) atoms. The van der Waals surface area contributed by atoms with Crippen molar-refractivity contribution in [2.75, 3.05) is 6.54 Å². The molecule has 0 saturated carbocycles. The van der Waals surface area contributed by atoms with E-state index in [9.17, 15) is 0 Å². The lowest BCUT2D eigenvalue weighted by molar-refractivity contribution is 0.596. The van der Waals surface area contributed by atoms with Gasteiger partial charge in [0.2, 0.25) is 0 Å². The van der Waals surface area contributed by atoms with Crippen LogP contribution in [0.15, 0.2) is 46.3 Å². The Kier molecular flexibility index (Phi) is 5.42. The first-order valence-corrected chi connectivity index (χ1v) is 7.92. The Bertz CT molecular complexity index is 466. The van der Waals surface area contributed by atoms with E-state index in [1.807, 2.05) is 0 Å². The highest BCUT2D eigenvalue weighted by molar-refractivity contribution is 9.10. The topological polar surface area (TPSA) is 12.0 Å². The molecule has 0 aliphatic heterocycles. The number of rotatable bonds is 6. The minimum absolute atomic E-state index is 0.616. The van der Waals surface area contributed by atoms with Gasteiger partial charge in [-0.3, -0.25) is 0 Å². The summed E-state index contributed by atoms with van der Waals surface area (Å²) >= 11 is 5.35. The minimum atomic E-state index is 0.616. The molecular formula is C15H18BrNS. The maximum Gasteiger partial charge on any atom is 0.0327 e. The van der Waals surface area contributed by atoms with Crippen LogP contribution in [0.4, 0.5) is 0 Å². The van der Waals surface area contributed by atoms with Crippen molar-refractivity contribution in [1.29, 1.82) is 0 Å². The third-order valence-electron chi connectivity index (χ3n) is 3.10. The standard InChI is InChI=1S/C15H18BrNS/c1-12(13-5-3-2-4-6-13)7-9-17-11-15-14(16)8-10-18-15/h2-6,8,10,12,17H,7,9,11H2,1H3. The van der Waals surface area contributed by atoms with Gasteiger partial charge < -0.3 is 5.32 Å². The maximum absolute atomic E-state index is 3.55. The zero-order chi connectivity index (χ0) is 12.8. The van der Waals surface area contributed by atoms with Crippen LogP contribution in [0.3, 0.4) is 0 Å². The van der Waals surface area contributed by atoms with E-state index in [1.165, 1.54) is 21.3 Å². The van der Waals surface area contributed by atoms with E-state index >= 15 is 0 Å². The van der Waals surface area contributed by atoms with Gasteiger partial charge in [-0.15, -0.1) is 11.3 Å². The van der Waals surface area contributed by atoms with E-state index in [4.69, 9.17) is 0 Å². The van der Waals surface area contributed by atoms with Crippen molar-refractivity contribution < 1.29 is 0 Å². The van der Waals surface area contributed by atoms with Gasteiger partial charge in [0.1, 0.15) is 0 Å². The molecule has 1 heterocycles. The smallest absolute Gasteiger partial charge is 0.0327 e. The van der Waals surface area contributed by atoms with Gasteiger partial charge in [-0.25, -0.2) is 0 Å². The Morgan fingerprint density at radius 1 is 1.22 bits per heavy atom. The zero-order valence-electron chi connectivity index (χ0n) is 10.5. The third kappa shape index (κ3) is 3.94. The van der Waals surface area contributed by atoms with E-state index in [2.05, 4.69) is 69.9 Å². The Morgan fingerprint density at radius 2 is 2.00 bits per heavy atom. The highest BCUT2D eigenvalue weighted by Crippen LogP contribution is 2.22. The fourth-order valence-corrected chi connectivity index (χ4v) is 3.38. The Balaban J connectivity index is 1.71. The van der Waals surface area contributed by atoms with E-state index in [0.29, 0.717) is 5.92 Å². The fourth-order valence-electron chi connectivity index (χ4n) is 1.92. The lowest BCUT2D eigenvalue weighted by Gasteiger charge is -2.12. The number of hydrogen-bond donors (Lipinski definition) is 1. The molecule has 0 saturated heterocycles. The van der Waals surface area contributed by atoms with Gasteiger partial charge in [-0.05, 0) is 51.8 Å². The van der Waals surface area contributed by atoms with Gasteiger partial charge in [0.25, 0.3) is 0 Å². The molecule has 1 unspecified atom stereocenters. The van der Waals surface area contributed by atoms with E-state index in [1.54, 1.807) is 11.3 Å². The lowest BCUT2D eigenvalue weighted by atomic mass is 9.98. The van der Waals surface area contributed by atoms with Crippen LogP contribution in [0.5, 0.6) is 0 Å². The first-order valence-electron chi connectivity index (χ1n) is 6.25.